The maximum Gasteiger partial charge on any atom is 0.221 e. The van der Waals surface area contributed by atoms with Gasteiger partial charge >= 0.3 is 0 Å². The SMILES string of the molecule is NC(=O)CC1(N)CNC(=O)C1. The molecule has 1 unspecified atom stereocenters. The van der Waals surface area contributed by atoms with Crippen LogP contribution in [0.4, 0.5) is 0 Å². The quantitative estimate of drug-likeness (QED) is 0.435. The van der Waals surface area contributed by atoms with Crippen molar-refractivity contribution in [3.63, 3.8) is 0 Å². The normalized spacial score (nSPS) is 30.1. The van der Waals surface area contributed by atoms with E-state index in [2.05, 4.69) is 5.32 Å². The molecule has 0 bridgehead atoms. The van der Waals surface area contributed by atoms with E-state index in [0.717, 1.165) is 0 Å². The topological polar surface area (TPSA) is 98.2 Å². The van der Waals surface area contributed by atoms with Gasteiger partial charge in [-0.3, -0.25) is 9.59 Å². The molecule has 1 atom stereocenters. The average molecular weight is 157 g/mol. The Hall–Kier alpha value is -1.10. The summed E-state index contributed by atoms with van der Waals surface area (Å²) in [7, 11) is 0. The first-order valence-corrected chi connectivity index (χ1v) is 3.36. The second kappa shape index (κ2) is 2.50. The van der Waals surface area contributed by atoms with E-state index in [9.17, 15) is 9.59 Å². The van der Waals surface area contributed by atoms with Gasteiger partial charge in [0.05, 0.1) is 5.54 Å². The average Bonchev–Trinajstić information content (AvgIpc) is 2.08. The first kappa shape index (κ1) is 8.00. The minimum Gasteiger partial charge on any atom is -0.370 e. The van der Waals surface area contributed by atoms with E-state index in [4.69, 9.17) is 11.5 Å². The van der Waals surface area contributed by atoms with E-state index in [1.165, 1.54) is 0 Å². The van der Waals surface area contributed by atoms with Crippen LogP contribution in [0.3, 0.4) is 0 Å². The van der Waals surface area contributed by atoms with E-state index < -0.39 is 11.4 Å². The first-order chi connectivity index (χ1) is 5.02. The maximum absolute atomic E-state index is 10.7. The van der Waals surface area contributed by atoms with E-state index in [0.29, 0.717) is 6.54 Å². The van der Waals surface area contributed by atoms with Gasteiger partial charge in [0.1, 0.15) is 0 Å². The third-order valence-electron chi connectivity index (χ3n) is 1.68. The number of nitrogens with two attached hydrogens (primary N) is 2. The van der Waals surface area contributed by atoms with E-state index >= 15 is 0 Å². The van der Waals surface area contributed by atoms with Crippen molar-refractivity contribution in [1.82, 2.24) is 5.32 Å². The summed E-state index contributed by atoms with van der Waals surface area (Å²) in [5, 5.41) is 2.54. The van der Waals surface area contributed by atoms with Gasteiger partial charge in [-0.15, -0.1) is 0 Å². The predicted molar refractivity (Wildman–Crippen MR) is 38.4 cm³/mol. The molecule has 5 N–H and O–H groups in total. The molecule has 0 aromatic heterocycles. The van der Waals surface area contributed by atoms with Crippen molar-refractivity contribution in [1.29, 1.82) is 0 Å². The third-order valence-corrected chi connectivity index (χ3v) is 1.68. The zero-order chi connectivity index (χ0) is 8.48. The van der Waals surface area contributed by atoms with Gasteiger partial charge in [-0.25, -0.2) is 0 Å². The van der Waals surface area contributed by atoms with Crippen LogP contribution < -0.4 is 16.8 Å². The number of amides is 2. The molecule has 62 valence electrons. The number of hydrogen-bond acceptors (Lipinski definition) is 3. The molecule has 1 rings (SSSR count). The van der Waals surface area contributed by atoms with Gasteiger partial charge in [-0.2, -0.15) is 0 Å². The van der Waals surface area contributed by atoms with Crippen LogP contribution in [0.15, 0.2) is 0 Å². The zero-order valence-electron chi connectivity index (χ0n) is 6.09. The third kappa shape index (κ3) is 1.91. The van der Waals surface area contributed by atoms with Gasteiger partial charge in [0.2, 0.25) is 11.8 Å². The predicted octanol–water partition coefficient (Wildman–Crippen LogP) is -1.92. The fourth-order valence-corrected chi connectivity index (χ4v) is 1.19. The number of carbonyl (C=O) groups excluding carboxylic acids is 2. The molecule has 1 aliphatic heterocycles. The Morgan fingerprint density at radius 1 is 1.73 bits per heavy atom. The summed E-state index contributed by atoms with van der Waals surface area (Å²) in [5.41, 5.74) is 9.86. The molecule has 1 saturated heterocycles. The Balaban J connectivity index is 2.55. The van der Waals surface area contributed by atoms with Crippen molar-refractivity contribution in [3.8, 4) is 0 Å². The van der Waals surface area contributed by atoms with Gasteiger partial charge in [0, 0.05) is 19.4 Å². The molecule has 0 aliphatic carbocycles. The van der Waals surface area contributed by atoms with Crippen LogP contribution >= 0.6 is 0 Å². The second-order valence-electron chi connectivity index (χ2n) is 2.96. The van der Waals surface area contributed by atoms with Gasteiger partial charge in [-0.1, -0.05) is 0 Å². The fraction of sp³-hybridized carbons (Fsp3) is 0.667. The van der Waals surface area contributed by atoms with Crippen molar-refractivity contribution >= 4 is 11.8 Å². The number of hydrogen-bond donors (Lipinski definition) is 3. The minimum absolute atomic E-state index is 0.0612. The van der Waals surface area contributed by atoms with Crippen molar-refractivity contribution in [2.75, 3.05) is 6.54 Å². The summed E-state index contributed by atoms with van der Waals surface area (Å²) < 4.78 is 0. The highest BCUT2D eigenvalue weighted by Crippen LogP contribution is 2.15. The highest BCUT2D eigenvalue weighted by molar-refractivity contribution is 5.83. The van der Waals surface area contributed by atoms with Crippen LogP contribution in [-0.4, -0.2) is 23.9 Å². The molecule has 1 heterocycles. The molecule has 1 aliphatic rings. The molecule has 5 heteroatoms. The van der Waals surface area contributed by atoms with Crippen molar-refractivity contribution < 1.29 is 9.59 Å². The summed E-state index contributed by atoms with van der Waals surface area (Å²) in [6.45, 7) is 0.342. The summed E-state index contributed by atoms with van der Waals surface area (Å²) in [4.78, 5) is 21.2. The van der Waals surface area contributed by atoms with E-state index in [1.54, 1.807) is 0 Å². The van der Waals surface area contributed by atoms with Crippen molar-refractivity contribution in [2.24, 2.45) is 11.5 Å². The Morgan fingerprint density at radius 2 is 2.36 bits per heavy atom. The lowest BCUT2D eigenvalue weighted by atomic mass is 9.95. The Labute approximate surface area is 64.1 Å². The zero-order valence-corrected chi connectivity index (χ0v) is 6.09. The molecule has 0 radical (unpaired) electrons. The van der Waals surface area contributed by atoms with Crippen LogP contribution in [0.25, 0.3) is 0 Å². The number of nitrogens with one attached hydrogen (secondary N) is 1. The maximum atomic E-state index is 10.7. The van der Waals surface area contributed by atoms with Crippen LogP contribution in [0, 0.1) is 0 Å². The molecule has 0 spiro atoms. The summed E-state index contributed by atoms with van der Waals surface area (Å²) >= 11 is 0. The lowest BCUT2D eigenvalue weighted by molar-refractivity contribution is -0.119. The molecule has 0 saturated carbocycles. The molecule has 5 nitrogen and oxygen atoms in total. The second-order valence-corrected chi connectivity index (χ2v) is 2.96. The number of rotatable bonds is 2. The van der Waals surface area contributed by atoms with Crippen LogP contribution in [0.5, 0.6) is 0 Å². The van der Waals surface area contributed by atoms with Gasteiger partial charge in [0.25, 0.3) is 0 Å². The molecule has 0 aromatic rings. The Bertz CT molecular complexity index is 204. The lowest BCUT2D eigenvalue weighted by Gasteiger charge is -2.18. The van der Waals surface area contributed by atoms with Crippen molar-refractivity contribution in [3.05, 3.63) is 0 Å². The Morgan fingerprint density at radius 3 is 2.73 bits per heavy atom. The van der Waals surface area contributed by atoms with E-state index in [1.807, 2.05) is 0 Å². The fourth-order valence-electron chi connectivity index (χ4n) is 1.19. The lowest BCUT2D eigenvalue weighted by Crippen LogP contribution is -2.45. The highest BCUT2D eigenvalue weighted by atomic mass is 16.2. The molecule has 11 heavy (non-hydrogen) atoms. The van der Waals surface area contributed by atoms with Gasteiger partial charge in [0.15, 0.2) is 0 Å². The number of carbonyl (C=O) groups is 2. The van der Waals surface area contributed by atoms with Gasteiger partial charge < -0.3 is 16.8 Å². The summed E-state index contributed by atoms with van der Waals surface area (Å²) in [5.74, 6) is -0.585. The van der Waals surface area contributed by atoms with Crippen molar-refractivity contribution in [2.45, 2.75) is 18.4 Å². The Kier molecular flexibility index (Phi) is 1.82. The summed E-state index contributed by atoms with van der Waals surface area (Å²) in [6, 6.07) is 0. The first-order valence-electron chi connectivity index (χ1n) is 3.36. The monoisotopic (exact) mass is 157 g/mol. The molecule has 2 amide bonds. The van der Waals surface area contributed by atoms with E-state index in [-0.39, 0.29) is 18.7 Å². The van der Waals surface area contributed by atoms with Crippen LogP contribution in [-0.2, 0) is 9.59 Å². The largest absolute Gasteiger partial charge is 0.370 e. The standard InChI is InChI=1S/C6H11N3O2/c7-4(10)1-6(8)2-5(11)9-3-6/h1-3,8H2,(H2,7,10)(H,9,11). The molecular weight excluding hydrogens is 146 g/mol. The minimum atomic E-state index is -0.747. The molecular formula is C6H11N3O2. The summed E-state index contributed by atoms with van der Waals surface area (Å²) in [6.07, 6.45) is 0.252. The van der Waals surface area contributed by atoms with Crippen LogP contribution in [0.2, 0.25) is 0 Å². The van der Waals surface area contributed by atoms with Crippen LogP contribution in [0.1, 0.15) is 12.8 Å². The smallest absolute Gasteiger partial charge is 0.221 e. The highest BCUT2D eigenvalue weighted by Gasteiger charge is 2.35. The number of primary amides is 1. The van der Waals surface area contributed by atoms with Gasteiger partial charge in [-0.05, 0) is 0 Å². The molecule has 0 aromatic carbocycles. The molecule has 1 fully saturated rings.